The number of Topliss-reactive ketones (excluding diaryl/α,β-unsaturated/α-hetero) is 1. The van der Waals surface area contributed by atoms with Crippen LogP contribution < -0.4 is 21.3 Å². The van der Waals surface area contributed by atoms with E-state index >= 15 is 0 Å². The van der Waals surface area contributed by atoms with E-state index in [0.717, 1.165) is 10.6 Å². The van der Waals surface area contributed by atoms with Gasteiger partial charge in [-0.15, -0.1) is 0 Å². The number of ketones is 1. The molecule has 1 saturated carbocycles. The van der Waals surface area contributed by atoms with E-state index in [9.17, 15) is 33.9 Å². The van der Waals surface area contributed by atoms with Crippen LogP contribution in [-0.2, 0) is 44.9 Å². The lowest BCUT2D eigenvalue weighted by Crippen LogP contribution is -2.74. The van der Waals surface area contributed by atoms with Gasteiger partial charge in [0.25, 0.3) is 5.56 Å². The quantitative estimate of drug-likeness (QED) is 0.176. The number of benzene rings is 1. The van der Waals surface area contributed by atoms with Crippen molar-refractivity contribution in [1.82, 2.24) is 14.5 Å². The molecule has 2 aliphatic rings. The predicted molar refractivity (Wildman–Crippen MR) is 165 cm³/mol. The number of aliphatic hydroxyl groups is 1. The number of aliphatic carboxylic acids is 1. The Morgan fingerprint density at radius 1 is 1.06 bits per heavy atom. The lowest BCUT2D eigenvalue weighted by Gasteiger charge is -2.48. The first-order valence-electron chi connectivity index (χ1n) is 15.4. The minimum absolute atomic E-state index is 0.133. The Hall–Kier alpha value is -4.38. The molecule has 16 heteroatoms. The zero-order chi connectivity index (χ0) is 35.4. The highest BCUT2D eigenvalue weighted by molar-refractivity contribution is 5.93. The van der Waals surface area contributed by atoms with Gasteiger partial charge >= 0.3 is 23.6 Å². The molecule has 2 heterocycles. The average Bonchev–Trinajstić information content (AvgIpc) is 3.23. The van der Waals surface area contributed by atoms with E-state index in [4.69, 9.17) is 28.8 Å². The van der Waals surface area contributed by atoms with Gasteiger partial charge in [0.05, 0.1) is 38.1 Å². The normalized spacial score (nSPS) is 25.3. The van der Waals surface area contributed by atoms with Gasteiger partial charge in [-0.3, -0.25) is 33.9 Å². The number of carbonyl (C=O) groups is 4. The van der Waals surface area contributed by atoms with Gasteiger partial charge < -0.3 is 33.9 Å². The van der Waals surface area contributed by atoms with E-state index in [1.807, 2.05) is 0 Å². The van der Waals surface area contributed by atoms with Crippen molar-refractivity contribution in [2.45, 2.75) is 103 Å². The van der Waals surface area contributed by atoms with Gasteiger partial charge in [0, 0.05) is 17.7 Å². The molecule has 0 bridgehead atoms. The standard InChI is InChI=1S/C32H41N3O13/c1-18(2)46-28(42)19(3)33-32(48-20-9-7-6-8-10-20)15-21(36)27(32)44-16-22-26(41)31(4,5)29(47-22)34-14-13-23(37)35(30(34)43)17-45-25(40)12-11-24(38)39/h6-10,13-14,18-19,22,26-27,29,33,41H,11-12,15-17H2,1-5H3,(H,38,39)/t19-,22+,26+,27?,29+,32-/m0/s1. The monoisotopic (exact) mass is 675 g/mol. The van der Waals surface area contributed by atoms with Gasteiger partial charge in [-0.2, -0.15) is 0 Å². The Bertz CT molecular complexity index is 1620. The molecular formula is C32H41N3O13. The Kier molecular flexibility index (Phi) is 11.2. The van der Waals surface area contributed by atoms with Crippen LogP contribution in [0.25, 0.3) is 0 Å². The maximum atomic E-state index is 13.3. The maximum Gasteiger partial charge on any atom is 0.335 e. The van der Waals surface area contributed by atoms with E-state index in [-0.39, 0.29) is 24.9 Å². The number of esters is 2. The van der Waals surface area contributed by atoms with Gasteiger partial charge in [-0.1, -0.05) is 32.0 Å². The number of nitrogens with zero attached hydrogens (tertiary/aromatic N) is 2. The van der Waals surface area contributed by atoms with Crippen molar-refractivity contribution >= 4 is 23.7 Å². The van der Waals surface area contributed by atoms with Crippen LogP contribution in [0.5, 0.6) is 5.75 Å². The molecule has 4 rings (SSSR count). The molecule has 3 N–H and O–H groups in total. The second kappa shape index (κ2) is 14.8. The zero-order valence-corrected chi connectivity index (χ0v) is 27.3. The summed E-state index contributed by atoms with van der Waals surface area (Å²) in [6, 6.07) is 8.83. The predicted octanol–water partition coefficient (Wildman–Crippen LogP) is 0.723. The van der Waals surface area contributed by atoms with E-state index in [1.165, 1.54) is 6.20 Å². The summed E-state index contributed by atoms with van der Waals surface area (Å²) < 4.78 is 30.3. The minimum atomic E-state index is -1.46. The molecule has 1 aromatic carbocycles. The fourth-order valence-corrected chi connectivity index (χ4v) is 5.54. The van der Waals surface area contributed by atoms with Gasteiger partial charge in [0.1, 0.15) is 24.1 Å². The van der Waals surface area contributed by atoms with Crippen molar-refractivity contribution in [3.05, 3.63) is 63.4 Å². The van der Waals surface area contributed by atoms with Crippen LogP contribution >= 0.6 is 0 Å². The number of hydrogen-bond acceptors (Lipinski definition) is 13. The molecule has 2 aromatic rings. The number of nitrogens with one attached hydrogen (secondary N) is 1. The number of carboxylic acid groups (broad SMARTS) is 1. The summed E-state index contributed by atoms with van der Waals surface area (Å²) in [6.45, 7) is 7.19. The summed E-state index contributed by atoms with van der Waals surface area (Å²) in [5.74, 6) is -2.59. The van der Waals surface area contributed by atoms with Gasteiger partial charge in [0.2, 0.25) is 5.72 Å². The van der Waals surface area contributed by atoms with E-state index in [1.54, 1.807) is 65.0 Å². The number of para-hydroxylation sites is 1. The number of carbonyl (C=O) groups excluding carboxylic acids is 3. The van der Waals surface area contributed by atoms with Gasteiger partial charge in [-0.05, 0) is 32.9 Å². The van der Waals surface area contributed by atoms with Crippen molar-refractivity contribution in [3.8, 4) is 5.75 Å². The molecule has 1 unspecified atom stereocenters. The van der Waals surface area contributed by atoms with Gasteiger partial charge in [-0.25, -0.2) is 9.36 Å². The topological polar surface area (TPSA) is 211 Å². The molecular weight excluding hydrogens is 634 g/mol. The largest absolute Gasteiger partial charge is 0.481 e. The van der Waals surface area contributed by atoms with Gasteiger partial charge in [0.15, 0.2) is 18.6 Å². The number of ether oxygens (including phenoxy) is 5. The minimum Gasteiger partial charge on any atom is -0.481 e. The molecule has 1 aromatic heterocycles. The fourth-order valence-electron chi connectivity index (χ4n) is 5.54. The van der Waals surface area contributed by atoms with Crippen LogP contribution in [0.2, 0.25) is 0 Å². The van der Waals surface area contributed by atoms with Crippen molar-refractivity contribution < 1.29 is 53.1 Å². The Balaban J connectivity index is 1.51. The second-order valence-electron chi connectivity index (χ2n) is 12.6. The van der Waals surface area contributed by atoms with E-state index in [2.05, 4.69) is 5.32 Å². The zero-order valence-electron chi connectivity index (χ0n) is 27.3. The molecule has 0 amide bonds. The number of aromatic nitrogens is 2. The molecule has 1 aliphatic heterocycles. The van der Waals surface area contributed by atoms with Crippen LogP contribution in [-0.4, -0.2) is 85.8 Å². The average molecular weight is 676 g/mol. The first-order valence-corrected chi connectivity index (χ1v) is 15.4. The van der Waals surface area contributed by atoms with Crippen LogP contribution in [0, 0.1) is 5.41 Å². The van der Waals surface area contributed by atoms with Crippen molar-refractivity contribution in [3.63, 3.8) is 0 Å². The smallest absolute Gasteiger partial charge is 0.335 e. The SMILES string of the molecule is CC(C)OC(=O)[C@H](C)N[C@]1(Oc2ccccc2)CC(=O)C1OC[C@H]1O[C@@H](n2ccc(=O)n(COC(=O)CCC(=O)O)c2=O)C(C)(C)[C@@H]1O. The number of aliphatic hydroxyl groups excluding tert-OH is 1. The highest BCUT2D eigenvalue weighted by Gasteiger charge is 2.60. The third-order valence-electron chi connectivity index (χ3n) is 8.09. The molecule has 0 spiro atoms. The van der Waals surface area contributed by atoms with Crippen LogP contribution in [0.1, 0.15) is 60.1 Å². The summed E-state index contributed by atoms with van der Waals surface area (Å²) in [4.78, 5) is 74.0. The summed E-state index contributed by atoms with van der Waals surface area (Å²) >= 11 is 0. The molecule has 1 aliphatic carbocycles. The number of rotatable bonds is 15. The third-order valence-corrected chi connectivity index (χ3v) is 8.09. The highest BCUT2D eigenvalue weighted by atomic mass is 16.6. The Morgan fingerprint density at radius 2 is 1.75 bits per heavy atom. The number of hydrogen-bond donors (Lipinski definition) is 3. The second-order valence-corrected chi connectivity index (χ2v) is 12.6. The van der Waals surface area contributed by atoms with Crippen LogP contribution in [0.4, 0.5) is 0 Å². The van der Waals surface area contributed by atoms with Crippen LogP contribution in [0.15, 0.2) is 52.2 Å². The van der Waals surface area contributed by atoms with Crippen molar-refractivity contribution in [2.75, 3.05) is 6.61 Å². The number of carboxylic acids is 1. The highest BCUT2D eigenvalue weighted by Crippen LogP contribution is 2.45. The lowest BCUT2D eigenvalue weighted by molar-refractivity contribution is -0.198. The molecule has 16 nitrogen and oxygen atoms in total. The fraction of sp³-hybridized carbons (Fsp3) is 0.562. The van der Waals surface area contributed by atoms with Crippen LogP contribution in [0.3, 0.4) is 0 Å². The first kappa shape index (κ1) is 36.5. The molecule has 262 valence electrons. The maximum absolute atomic E-state index is 13.3. The third kappa shape index (κ3) is 8.01. The summed E-state index contributed by atoms with van der Waals surface area (Å²) in [7, 11) is 0. The lowest BCUT2D eigenvalue weighted by atomic mass is 9.81. The molecule has 6 atom stereocenters. The van der Waals surface area contributed by atoms with Crippen molar-refractivity contribution in [2.24, 2.45) is 5.41 Å². The molecule has 0 radical (unpaired) electrons. The first-order chi connectivity index (χ1) is 22.6. The van der Waals surface area contributed by atoms with Crippen molar-refractivity contribution in [1.29, 1.82) is 0 Å². The van der Waals surface area contributed by atoms with E-state index < -0.39 is 90.5 Å². The molecule has 2 fully saturated rings. The molecule has 48 heavy (non-hydrogen) atoms. The summed E-state index contributed by atoms with van der Waals surface area (Å²) in [5.41, 5.74) is -4.28. The summed E-state index contributed by atoms with van der Waals surface area (Å²) in [5, 5.41) is 23.1. The Morgan fingerprint density at radius 3 is 2.38 bits per heavy atom. The summed E-state index contributed by atoms with van der Waals surface area (Å²) in [6.07, 6.45) is -4.88. The van der Waals surface area contributed by atoms with E-state index in [0.29, 0.717) is 10.3 Å². The molecule has 1 saturated heterocycles. The Labute approximate surface area is 275 Å².